The second kappa shape index (κ2) is 6.87. The molecule has 6 heteroatoms. The normalized spacial score (nSPS) is 25.3. The Hall–Kier alpha value is -1.89. The van der Waals surface area contributed by atoms with Crippen LogP contribution in [0.25, 0.3) is 0 Å². The van der Waals surface area contributed by atoms with Gasteiger partial charge in [0.15, 0.2) is 0 Å². The lowest BCUT2D eigenvalue weighted by atomic mass is 9.77. The van der Waals surface area contributed by atoms with Crippen molar-refractivity contribution in [2.45, 2.75) is 63.9 Å². The van der Waals surface area contributed by atoms with E-state index in [4.69, 9.17) is 14.0 Å². The van der Waals surface area contributed by atoms with Crippen LogP contribution < -0.4 is 10.2 Å². The Morgan fingerprint density at radius 3 is 2.32 bits per heavy atom. The van der Waals surface area contributed by atoms with E-state index in [0.717, 1.165) is 16.6 Å². The van der Waals surface area contributed by atoms with Crippen molar-refractivity contribution < 1.29 is 23.5 Å². The van der Waals surface area contributed by atoms with Crippen molar-refractivity contribution in [1.82, 2.24) is 0 Å². The van der Waals surface area contributed by atoms with Crippen LogP contribution in [0.5, 0.6) is 5.75 Å². The molecule has 148 valence electrons. The fourth-order valence-corrected chi connectivity index (χ4v) is 3.67. The second-order valence-corrected chi connectivity index (χ2v) is 8.71. The monoisotopic (exact) mass is 384 g/mol. The molecule has 4 nitrogen and oxygen atoms in total. The molecule has 1 fully saturated rings. The van der Waals surface area contributed by atoms with Gasteiger partial charge >= 0.3 is 7.12 Å². The number of aliphatic hydroxyl groups excluding tert-OH is 1. The van der Waals surface area contributed by atoms with Crippen molar-refractivity contribution in [3.8, 4) is 5.75 Å². The zero-order valence-corrected chi connectivity index (χ0v) is 16.7. The van der Waals surface area contributed by atoms with Gasteiger partial charge in [-0.2, -0.15) is 0 Å². The average Bonchev–Trinajstić information content (AvgIpc) is 2.84. The number of halogens is 1. The van der Waals surface area contributed by atoms with Crippen LogP contribution in [0.4, 0.5) is 4.39 Å². The van der Waals surface area contributed by atoms with E-state index in [9.17, 15) is 9.50 Å². The topological polar surface area (TPSA) is 47.9 Å². The zero-order valence-electron chi connectivity index (χ0n) is 16.7. The lowest BCUT2D eigenvalue weighted by Gasteiger charge is -2.32. The number of ether oxygens (including phenoxy) is 1. The maximum atomic E-state index is 13.1. The third kappa shape index (κ3) is 3.57. The standard InChI is InChI=1S/C22H26BFO4/c1-21(2)22(3,4)28-23(27-21)15-7-10-20-18(12-15)19(25)13-17(26-20)11-14-5-8-16(24)9-6-14/h5-10,12,17,19,25H,11,13H2,1-4H3/t17-,19+/m0/s1. The van der Waals surface area contributed by atoms with Crippen molar-refractivity contribution in [3.05, 3.63) is 59.4 Å². The van der Waals surface area contributed by atoms with Gasteiger partial charge in [-0.05, 0) is 56.9 Å². The molecule has 0 radical (unpaired) electrons. The molecule has 4 rings (SSSR count). The minimum Gasteiger partial charge on any atom is -0.490 e. The van der Waals surface area contributed by atoms with E-state index in [1.807, 2.05) is 45.9 Å². The van der Waals surface area contributed by atoms with E-state index >= 15 is 0 Å². The van der Waals surface area contributed by atoms with Crippen molar-refractivity contribution in [2.75, 3.05) is 0 Å². The first-order chi connectivity index (χ1) is 13.1. The highest BCUT2D eigenvalue weighted by molar-refractivity contribution is 6.62. The highest BCUT2D eigenvalue weighted by Gasteiger charge is 2.51. The SMILES string of the molecule is CC1(C)OB(c2ccc3c(c2)[C@H](O)C[C@H](Cc2ccc(F)cc2)O3)OC1(C)C. The quantitative estimate of drug-likeness (QED) is 0.823. The Morgan fingerprint density at radius 2 is 1.68 bits per heavy atom. The Balaban J connectivity index is 1.51. The van der Waals surface area contributed by atoms with Crippen molar-refractivity contribution in [1.29, 1.82) is 0 Å². The van der Waals surface area contributed by atoms with Crippen LogP contribution in [0.1, 0.15) is 51.3 Å². The number of hydrogen-bond donors (Lipinski definition) is 1. The summed E-state index contributed by atoms with van der Waals surface area (Å²) in [7, 11) is -0.473. The maximum Gasteiger partial charge on any atom is 0.494 e. The van der Waals surface area contributed by atoms with Gasteiger partial charge in [-0.15, -0.1) is 0 Å². The number of fused-ring (bicyclic) bond motifs is 1. The fourth-order valence-electron chi connectivity index (χ4n) is 3.67. The molecule has 0 bridgehead atoms. The van der Waals surface area contributed by atoms with E-state index < -0.39 is 24.4 Å². The smallest absolute Gasteiger partial charge is 0.490 e. The maximum absolute atomic E-state index is 13.1. The summed E-state index contributed by atoms with van der Waals surface area (Å²) in [5.41, 5.74) is 1.78. The van der Waals surface area contributed by atoms with Gasteiger partial charge in [-0.25, -0.2) is 4.39 Å². The molecule has 2 aliphatic heterocycles. The molecule has 2 aromatic rings. The van der Waals surface area contributed by atoms with Crippen LogP contribution in [-0.4, -0.2) is 29.5 Å². The Kier molecular flexibility index (Phi) is 4.77. The summed E-state index contributed by atoms with van der Waals surface area (Å²) < 4.78 is 31.4. The van der Waals surface area contributed by atoms with E-state index in [1.165, 1.54) is 12.1 Å². The molecule has 0 spiro atoms. The van der Waals surface area contributed by atoms with Crippen LogP contribution >= 0.6 is 0 Å². The first-order valence-electron chi connectivity index (χ1n) is 9.73. The molecular weight excluding hydrogens is 358 g/mol. The van der Waals surface area contributed by atoms with E-state index in [2.05, 4.69) is 0 Å². The minimum atomic E-state index is -0.628. The van der Waals surface area contributed by atoms with Crippen molar-refractivity contribution in [3.63, 3.8) is 0 Å². The van der Waals surface area contributed by atoms with Crippen LogP contribution in [0, 0.1) is 5.82 Å². The first kappa shape index (κ1) is 19.4. The largest absolute Gasteiger partial charge is 0.494 e. The number of benzene rings is 2. The third-order valence-electron chi connectivity index (χ3n) is 6.07. The summed E-state index contributed by atoms with van der Waals surface area (Å²) in [4.78, 5) is 0. The summed E-state index contributed by atoms with van der Waals surface area (Å²) in [6, 6.07) is 12.1. The zero-order chi connectivity index (χ0) is 20.1. The van der Waals surface area contributed by atoms with Gasteiger partial charge < -0.3 is 19.2 Å². The predicted octanol–water partition coefficient (Wildman–Crippen LogP) is 3.55. The lowest BCUT2D eigenvalue weighted by molar-refractivity contribution is 0.00578. The molecule has 0 aromatic heterocycles. The van der Waals surface area contributed by atoms with E-state index in [-0.39, 0.29) is 11.9 Å². The molecule has 2 atom stereocenters. The van der Waals surface area contributed by atoms with Crippen LogP contribution in [0.15, 0.2) is 42.5 Å². The minimum absolute atomic E-state index is 0.157. The lowest BCUT2D eigenvalue weighted by Crippen LogP contribution is -2.41. The highest BCUT2D eigenvalue weighted by Crippen LogP contribution is 2.38. The molecule has 0 aliphatic carbocycles. The summed E-state index contributed by atoms with van der Waals surface area (Å²) >= 11 is 0. The van der Waals surface area contributed by atoms with Crippen molar-refractivity contribution in [2.24, 2.45) is 0 Å². The predicted molar refractivity (Wildman–Crippen MR) is 106 cm³/mol. The Labute approximate surface area is 165 Å². The van der Waals surface area contributed by atoms with Gasteiger partial charge in [0.2, 0.25) is 0 Å². The molecular formula is C22H26BFO4. The van der Waals surface area contributed by atoms with Crippen LogP contribution in [0.3, 0.4) is 0 Å². The Morgan fingerprint density at radius 1 is 1.04 bits per heavy atom. The molecule has 28 heavy (non-hydrogen) atoms. The van der Waals surface area contributed by atoms with Crippen LogP contribution in [-0.2, 0) is 15.7 Å². The number of aliphatic hydroxyl groups is 1. The molecule has 2 aliphatic rings. The molecule has 0 unspecified atom stereocenters. The van der Waals surface area contributed by atoms with Crippen LogP contribution in [0.2, 0.25) is 0 Å². The van der Waals surface area contributed by atoms with Gasteiger partial charge in [0, 0.05) is 18.4 Å². The number of rotatable bonds is 3. The van der Waals surface area contributed by atoms with E-state index in [0.29, 0.717) is 18.6 Å². The van der Waals surface area contributed by atoms with Crippen molar-refractivity contribution >= 4 is 12.6 Å². The summed E-state index contributed by atoms with van der Waals surface area (Å²) in [5.74, 6) is 0.417. The van der Waals surface area contributed by atoms with Gasteiger partial charge in [-0.1, -0.05) is 24.3 Å². The van der Waals surface area contributed by atoms with Gasteiger partial charge in [0.1, 0.15) is 17.7 Å². The fraction of sp³-hybridized carbons (Fsp3) is 0.455. The molecule has 1 saturated heterocycles. The first-order valence-corrected chi connectivity index (χ1v) is 9.73. The second-order valence-electron chi connectivity index (χ2n) is 8.71. The molecule has 0 amide bonds. The summed E-state index contributed by atoms with van der Waals surface area (Å²) in [6.45, 7) is 8.07. The Bertz CT molecular complexity index is 849. The molecule has 2 heterocycles. The summed E-state index contributed by atoms with van der Waals surface area (Å²) in [6.07, 6.45) is 0.319. The third-order valence-corrected chi connectivity index (χ3v) is 6.07. The summed E-state index contributed by atoms with van der Waals surface area (Å²) in [5, 5.41) is 10.7. The highest BCUT2D eigenvalue weighted by atomic mass is 19.1. The van der Waals surface area contributed by atoms with Gasteiger partial charge in [0.05, 0.1) is 17.3 Å². The number of hydrogen-bond acceptors (Lipinski definition) is 4. The van der Waals surface area contributed by atoms with Gasteiger partial charge in [-0.3, -0.25) is 0 Å². The molecule has 0 saturated carbocycles. The molecule has 1 N–H and O–H groups in total. The van der Waals surface area contributed by atoms with Gasteiger partial charge in [0.25, 0.3) is 0 Å². The average molecular weight is 384 g/mol. The van der Waals surface area contributed by atoms with E-state index in [1.54, 1.807) is 12.1 Å². The molecule has 2 aromatic carbocycles.